The van der Waals surface area contributed by atoms with Crippen LogP contribution in [0.5, 0.6) is 0 Å². The lowest BCUT2D eigenvalue weighted by Gasteiger charge is -2.22. The number of aliphatic carboxylic acids is 1. The molecule has 0 saturated heterocycles. The van der Waals surface area contributed by atoms with Gasteiger partial charge in [-0.25, -0.2) is 0 Å². The molecular weight excluding hydrogens is 234 g/mol. The van der Waals surface area contributed by atoms with Gasteiger partial charge in [0, 0.05) is 24.2 Å². The number of hydrogen-bond donors (Lipinski definition) is 1. The molecule has 0 radical (unpaired) electrons. The first-order valence-corrected chi connectivity index (χ1v) is 6.89. The Morgan fingerprint density at radius 3 is 2.41 bits per heavy atom. The Balaban J connectivity index is 2.68. The molecule has 17 heavy (non-hydrogen) atoms. The average molecular weight is 253 g/mol. The van der Waals surface area contributed by atoms with Gasteiger partial charge < -0.3 is 10.0 Å². The van der Waals surface area contributed by atoms with E-state index in [4.69, 9.17) is 5.11 Å². The van der Waals surface area contributed by atoms with Gasteiger partial charge in [0.1, 0.15) is 0 Å². The fourth-order valence-electron chi connectivity index (χ4n) is 1.65. The first-order chi connectivity index (χ1) is 8.08. The van der Waals surface area contributed by atoms with Crippen molar-refractivity contribution in [2.75, 3.05) is 24.7 Å². The summed E-state index contributed by atoms with van der Waals surface area (Å²) in [6, 6.07) is 8.16. The SMILES string of the molecule is CCC(CN(C)c1ccc(SC)cc1)C(=O)O. The second-order valence-corrected chi connectivity index (χ2v) is 4.90. The van der Waals surface area contributed by atoms with Gasteiger partial charge in [0.2, 0.25) is 0 Å². The normalized spacial score (nSPS) is 12.2. The summed E-state index contributed by atoms with van der Waals surface area (Å²) in [5, 5.41) is 9.02. The molecule has 0 amide bonds. The number of carboxylic acid groups (broad SMARTS) is 1. The number of anilines is 1. The topological polar surface area (TPSA) is 40.5 Å². The predicted octanol–water partition coefficient (Wildman–Crippen LogP) is 2.96. The molecule has 3 nitrogen and oxygen atoms in total. The molecule has 94 valence electrons. The quantitative estimate of drug-likeness (QED) is 0.791. The van der Waals surface area contributed by atoms with Crippen LogP contribution < -0.4 is 4.90 Å². The summed E-state index contributed by atoms with van der Waals surface area (Å²) >= 11 is 1.70. The molecule has 0 bridgehead atoms. The van der Waals surface area contributed by atoms with Gasteiger partial charge in [-0.1, -0.05) is 6.92 Å². The van der Waals surface area contributed by atoms with Crippen molar-refractivity contribution in [3.8, 4) is 0 Å². The van der Waals surface area contributed by atoms with E-state index in [1.54, 1.807) is 11.8 Å². The molecule has 0 aromatic heterocycles. The summed E-state index contributed by atoms with van der Waals surface area (Å²) < 4.78 is 0. The highest BCUT2D eigenvalue weighted by atomic mass is 32.2. The maximum atomic E-state index is 11.0. The van der Waals surface area contributed by atoms with E-state index in [1.165, 1.54) is 4.90 Å². The lowest BCUT2D eigenvalue weighted by molar-refractivity contribution is -0.141. The summed E-state index contributed by atoms with van der Waals surface area (Å²) in [6.07, 6.45) is 2.69. The minimum atomic E-state index is -0.722. The third-order valence-electron chi connectivity index (χ3n) is 2.85. The highest BCUT2D eigenvalue weighted by molar-refractivity contribution is 7.98. The van der Waals surface area contributed by atoms with Gasteiger partial charge in [-0.05, 0) is 36.9 Å². The number of thioether (sulfide) groups is 1. The minimum absolute atomic E-state index is 0.305. The van der Waals surface area contributed by atoms with Gasteiger partial charge in [-0.15, -0.1) is 11.8 Å². The molecular formula is C13H19NO2S. The van der Waals surface area contributed by atoms with Crippen LogP contribution >= 0.6 is 11.8 Å². The second-order valence-electron chi connectivity index (χ2n) is 4.02. The van der Waals surface area contributed by atoms with Crippen LogP contribution in [0.3, 0.4) is 0 Å². The predicted molar refractivity (Wildman–Crippen MR) is 72.9 cm³/mol. The molecule has 1 N–H and O–H groups in total. The van der Waals surface area contributed by atoms with Crippen molar-refractivity contribution in [2.45, 2.75) is 18.2 Å². The number of rotatable bonds is 6. The first kappa shape index (κ1) is 13.9. The zero-order chi connectivity index (χ0) is 12.8. The van der Waals surface area contributed by atoms with Crippen molar-refractivity contribution in [1.82, 2.24) is 0 Å². The van der Waals surface area contributed by atoms with Gasteiger partial charge in [-0.2, -0.15) is 0 Å². The third-order valence-corrected chi connectivity index (χ3v) is 3.59. The molecule has 1 rings (SSSR count). The van der Waals surface area contributed by atoms with E-state index in [2.05, 4.69) is 12.1 Å². The van der Waals surface area contributed by atoms with E-state index >= 15 is 0 Å². The summed E-state index contributed by atoms with van der Waals surface area (Å²) in [4.78, 5) is 14.2. The highest BCUT2D eigenvalue weighted by Crippen LogP contribution is 2.20. The van der Waals surface area contributed by atoms with Gasteiger partial charge in [-0.3, -0.25) is 4.79 Å². The number of carbonyl (C=O) groups is 1. The molecule has 0 fully saturated rings. The fourth-order valence-corrected chi connectivity index (χ4v) is 2.06. The minimum Gasteiger partial charge on any atom is -0.481 e. The van der Waals surface area contributed by atoms with Gasteiger partial charge >= 0.3 is 5.97 Å². The number of hydrogen-bond acceptors (Lipinski definition) is 3. The van der Waals surface area contributed by atoms with Crippen molar-refractivity contribution in [3.63, 3.8) is 0 Å². The maximum absolute atomic E-state index is 11.0. The Morgan fingerprint density at radius 2 is 2.00 bits per heavy atom. The van der Waals surface area contributed by atoms with Crippen LogP contribution in [0.4, 0.5) is 5.69 Å². The largest absolute Gasteiger partial charge is 0.481 e. The average Bonchev–Trinajstić information content (AvgIpc) is 2.35. The van der Waals surface area contributed by atoms with E-state index in [-0.39, 0.29) is 5.92 Å². The van der Waals surface area contributed by atoms with Gasteiger partial charge in [0.25, 0.3) is 0 Å². The third kappa shape index (κ3) is 3.97. The molecule has 0 heterocycles. The van der Waals surface area contributed by atoms with Crippen molar-refractivity contribution in [3.05, 3.63) is 24.3 Å². The molecule has 0 saturated carbocycles. The molecule has 1 atom stereocenters. The zero-order valence-electron chi connectivity index (χ0n) is 10.5. The Hall–Kier alpha value is -1.16. The summed E-state index contributed by atoms with van der Waals surface area (Å²) in [5.74, 6) is -1.03. The van der Waals surface area contributed by atoms with Crippen LogP contribution in [0.25, 0.3) is 0 Å². The lowest BCUT2D eigenvalue weighted by Crippen LogP contribution is -2.29. The second kappa shape index (κ2) is 6.55. The smallest absolute Gasteiger partial charge is 0.308 e. The Morgan fingerprint density at radius 1 is 1.41 bits per heavy atom. The number of benzene rings is 1. The lowest BCUT2D eigenvalue weighted by atomic mass is 10.1. The zero-order valence-corrected chi connectivity index (χ0v) is 11.3. The first-order valence-electron chi connectivity index (χ1n) is 5.66. The molecule has 0 aliphatic rings. The fraction of sp³-hybridized carbons (Fsp3) is 0.462. The van der Waals surface area contributed by atoms with Crippen LogP contribution in [-0.2, 0) is 4.79 Å². The van der Waals surface area contributed by atoms with E-state index in [9.17, 15) is 4.79 Å². The van der Waals surface area contributed by atoms with Crippen molar-refractivity contribution in [1.29, 1.82) is 0 Å². The Bertz CT molecular complexity index is 364. The Kier molecular flexibility index (Phi) is 5.35. The molecule has 0 aliphatic carbocycles. The van der Waals surface area contributed by atoms with E-state index < -0.39 is 5.97 Å². The van der Waals surface area contributed by atoms with Crippen LogP contribution in [0.2, 0.25) is 0 Å². The van der Waals surface area contributed by atoms with Crippen LogP contribution in [0.1, 0.15) is 13.3 Å². The van der Waals surface area contributed by atoms with E-state index in [1.807, 2.05) is 37.3 Å². The van der Waals surface area contributed by atoms with Gasteiger partial charge in [0.15, 0.2) is 0 Å². The van der Waals surface area contributed by atoms with Crippen molar-refractivity contribution < 1.29 is 9.90 Å². The van der Waals surface area contributed by atoms with E-state index in [0.29, 0.717) is 13.0 Å². The highest BCUT2D eigenvalue weighted by Gasteiger charge is 2.17. The van der Waals surface area contributed by atoms with Crippen molar-refractivity contribution >= 4 is 23.4 Å². The van der Waals surface area contributed by atoms with Crippen LogP contribution in [-0.4, -0.2) is 30.9 Å². The summed E-state index contributed by atoms with van der Waals surface area (Å²) in [7, 11) is 1.93. The summed E-state index contributed by atoms with van der Waals surface area (Å²) in [6.45, 7) is 2.45. The Labute approximate surface area is 107 Å². The van der Waals surface area contributed by atoms with Crippen molar-refractivity contribution in [2.24, 2.45) is 5.92 Å². The maximum Gasteiger partial charge on any atom is 0.308 e. The van der Waals surface area contributed by atoms with Gasteiger partial charge in [0.05, 0.1) is 5.92 Å². The molecule has 0 aliphatic heterocycles. The summed E-state index contributed by atoms with van der Waals surface area (Å²) in [5.41, 5.74) is 1.06. The van der Waals surface area contributed by atoms with E-state index in [0.717, 1.165) is 5.69 Å². The van der Waals surface area contributed by atoms with Crippen LogP contribution in [0, 0.1) is 5.92 Å². The molecule has 1 unspecified atom stereocenters. The van der Waals surface area contributed by atoms with Crippen LogP contribution in [0.15, 0.2) is 29.2 Å². The monoisotopic (exact) mass is 253 g/mol. The molecule has 4 heteroatoms. The number of nitrogens with zero attached hydrogens (tertiary/aromatic N) is 1. The molecule has 1 aromatic carbocycles. The standard InChI is InChI=1S/C13H19NO2S/c1-4-10(13(15)16)9-14(2)11-5-7-12(17-3)8-6-11/h5-8,10H,4,9H2,1-3H3,(H,15,16). The number of carboxylic acids is 1. The molecule has 0 spiro atoms. The molecule has 1 aromatic rings.